The fourth-order valence-corrected chi connectivity index (χ4v) is 4.61. The predicted octanol–water partition coefficient (Wildman–Crippen LogP) is 3.66. The van der Waals surface area contributed by atoms with Crippen molar-refractivity contribution in [3.05, 3.63) is 59.1 Å². The highest BCUT2D eigenvalue weighted by Gasteiger charge is 2.33. The van der Waals surface area contributed by atoms with Crippen LogP contribution in [0.2, 0.25) is 5.02 Å². The summed E-state index contributed by atoms with van der Waals surface area (Å²) in [6.45, 7) is 0.277. The van der Waals surface area contributed by atoms with E-state index in [1.165, 1.54) is 28.6 Å². The molecule has 1 aliphatic heterocycles. The molecule has 0 aromatic heterocycles. The number of anilines is 1. The van der Waals surface area contributed by atoms with E-state index >= 15 is 0 Å². The third-order valence-corrected chi connectivity index (χ3v) is 6.53. The molecule has 9 heteroatoms. The normalized spacial score (nSPS) is 18.3. The van der Waals surface area contributed by atoms with Crippen molar-refractivity contribution in [2.45, 2.75) is 17.7 Å². The molecular formula is C18H17ClF2N2O3S. The molecule has 1 N–H and O–H groups in total. The molecule has 1 atom stereocenters. The molecule has 5 nitrogen and oxygen atoms in total. The zero-order valence-corrected chi connectivity index (χ0v) is 15.7. The summed E-state index contributed by atoms with van der Waals surface area (Å²) in [5.41, 5.74) is -0.140. The van der Waals surface area contributed by atoms with E-state index in [0.29, 0.717) is 30.5 Å². The van der Waals surface area contributed by atoms with Crippen LogP contribution in [-0.2, 0) is 14.8 Å². The van der Waals surface area contributed by atoms with Gasteiger partial charge in [-0.25, -0.2) is 17.2 Å². The van der Waals surface area contributed by atoms with E-state index in [1.54, 1.807) is 0 Å². The number of halogens is 3. The molecule has 1 unspecified atom stereocenters. The van der Waals surface area contributed by atoms with Crippen LogP contribution in [0.3, 0.4) is 0 Å². The van der Waals surface area contributed by atoms with Crippen LogP contribution in [-0.4, -0.2) is 31.7 Å². The van der Waals surface area contributed by atoms with Crippen LogP contribution in [0.15, 0.2) is 47.4 Å². The maximum Gasteiger partial charge on any atom is 0.243 e. The monoisotopic (exact) mass is 414 g/mol. The van der Waals surface area contributed by atoms with Crippen LogP contribution >= 0.6 is 11.6 Å². The molecule has 2 aromatic carbocycles. The molecule has 1 fully saturated rings. The molecule has 3 rings (SSSR count). The first-order chi connectivity index (χ1) is 12.8. The van der Waals surface area contributed by atoms with E-state index < -0.39 is 33.5 Å². The average Bonchev–Trinajstić information content (AvgIpc) is 2.64. The fraction of sp³-hybridized carbons (Fsp3) is 0.278. The van der Waals surface area contributed by atoms with Crippen molar-refractivity contribution in [1.82, 2.24) is 4.31 Å². The summed E-state index contributed by atoms with van der Waals surface area (Å²) in [7, 11) is -3.76. The Kier molecular flexibility index (Phi) is 5.78. The SMILES string of the molecule is O=C(Nc1ccc(F)cc1F)C1CCCN(S(=O)(=O)c2ccc(Cl)cc2)C1. The Morgan fingerprint density at radius 2 is 1.85 bits per heavy atom. The lowest BCUT2D eigenvalue weighted by molar-refractivity contribution is -0.120. The van der Waals surface area contributed by atoms with Gasteiger partial charge in [-0.3, -0.25) is 4.79 Å². The Labute approximate surface area is 161 Å². The lowest BCUT2D eigenvalue weighted by Crippen LogP contribution is -2.43. The number of piperidine rings is 1. The summed E-state index contributed by atoms with van der Waals surface area (Å²) in [4.78, 5) is 12.5. The van der Waals surface area contributed by atoms with Crippen molar-refractivity contribution in [1.29, 1.82) is 0 Å². The van der Waals surface area contributed by atoms with E-state index in [0.717, 1.165) is 12.1 Å². The van der Waals surface area contributed by atoms with Crippen molar-refractivity contribution in [2.24, 2.45) is 5.92 Å². The number of rotatable bonds is 4. The minimum absolute atomic E-state index is 0.0143. The topological polar surface area (TPSA) is 66.5 Å². The van der Waals surface area contributed by atoms with Crippen LogP contribution in [0.25, 0.3) is 0 Å². The number of benzene rings is 2. The van der Waals surface area contributed by atoms with E-state index in [9.17, 15) is 22.0 Å². The summed E-state index contributed by atoms with van der Waals surface area (Å²) in [5.74, 6) is -2.77. The summed E-state index contributed by atoms with van der Waals surface area (Å²) >= 11 is 5.80. The number of amides is 1. The van der Waals surface area contributed by atoms with E-state index in [2.05, 4.69) is 5.32 Å². The first-order valence-corrected chi connectivity index (χ1v) is 10.1. The van der Waals surface area contributed by atoms with Crippen LogP contribution in [0.5, 0.6) is 0 Å². The smallest absolute Gasteiger partial charge is 0.243 e. The summed E-state index contributed by atoms with van der Waals surface area (Å²) in [5, 5.41) is 2.83. The highest BCUT2D eigenvalue weighted by molar-refractivity contribution is 7.89. The number of carbonyl (C=O) groups excluding carboxylic acids is 1. The number of hydrogen-bond donors (Lipinski definition) is 1. The highest BCUT2D eigenvalue weighted by atomic mass is 35.5. The van der Waals surface area contributed by atoms with Crippen LogP contribution in [0, 0.1) is 17.6 Å². The van der Waals surface area contributed by atoms with Crippen LogP contribution in [0.4, 0.5) is 14.5 Å². The summed E-state index contributed by atoms with van der Waals surface area (Å²) < 4.78 is 53.5. The molecule has 2 aromatic rings. The molecule has 1 aliphatic rings. The summed E-state index contributed by atoms with van der Waals surface area (Å²) in [6.07, 6.45) is 0.970. The fourth-order valence-electron chi connectivity index (χ4n) is 2.96. The van der Waals surface area contributed by atoms with E-state index in [-0.39, 0.29) is 17.1 Å². The molecular weight excluding hydrogens is 398 g/mol. The third kappa shape index (κ3) is 4.45. The Morgan fingerprint density at radius 1 is 1.15 bits per heavy atom. The molecule has 144 valence electrons. The largest absolute Gasteiger partial charge is 0.323 e. The van der Waals surface area contributed by atoms with Crippen molar-refractivity contribution in [3.63, 3.8) is 0 Å². The number of nitrogens with zero attached hydrogens (tertiary/aromatic N) is 1. The van der Waals surface area contributed by atoms with Crippen molar-refractivity contribution in [3.8, 4) is 0 Å². The molecule has 0 bridgehead atoms. The van der Waals surface area contributed by atoms with Gasteiger partial charge in [-0.2, -0.15) is 4.31 Å². The molecule has 27 heavy (non-hydrogen) atoms. The second-order valence-electron chi connectivity index (χ2n) is 6.27. The Morgan fingerprint density at radius 3 is 2.52 bits per heavy atom. The van der Waals surface area contributed by atoms with Gasteiger partial charge >= 0.3 is 0 Å². The van der Waals surface area contributed by atoms with Crippen LogP contribution in [0.1, 0.15) is 12.8 Å². The number of carbonyl (C=O) groups is 1. The highest BCUT2D eigenvalue weighted by Crippen LogP contribution is 2.26. The number of sulfonamides is 1. The molecule has 1 amide bonds. The van der Waals surface area contributed by atoms with Crippen molar-refractivity contribution in [2.75, 3.05) is 18.4 Å². The van der Waals surface area contributed by atoms with Gasteiger partial charge in [0.25, 0.3) is 0 Å². The zero-order chi connectivity index (χ0) is 19.6. The minimum atomic E-state index is -3.76. The van der Waals surface area contributed by atoms with Crippen molar-refractivity contribution >= 4 is 33.2 Å². The minimum Gasteiger partial charge on any atom is -0.323 e. The molecule has 0 radical (unpaired) electrons. The third-order valence-electron chi connectivity index (χ3n) is 4.40. The molecule has 0 aliphatic carbocycles. The molecule has 1 saturated heterocycles. The quantitative estimate of drug-likeness (QED) is 0.830. The van der Waals surface area contributed by atoms with E-state index in [1.807, 2.05) is 0 Å². The first-order valence-electron chi connectivity index (χ1n) is 8.29. The molecule has 0 saturated carbocycles. The zero-order valence-electron chi connectivity index (χ0n) is 14.2. The molecule has 1 heterocycles. The Hall–Kier alpha value is -2.03. The maximum atomic E-state index is 13.7. The second kappa shape index (κ2) is 7.92. The van der Waals surface area contributed by atoms with Gasteiger partial charge in [-0.15, -0.1) is 0 Å². The van der Waals surface area contributed by atoms with Gasteiger partial charge in [0.05, 0.1) is 16.5 Å². The maximum absolute atomic E-state index is 13.7. The number of hydrogen-bond acceptors (Lipinski definition) is 3. The summed E-state index contributed by atoms with van der Waals surface area (Å²) in [6, 6.07) is 8.64. The standard InChI is InChI=1S/C18H17ClF2N2O3S/c19-13-3-6-15(7-4-13)27(25,26)23-9-1-2-12(11-23)18(24)22-17-8-5-14(20)10-16(17)21/h3-8,10,12H,1-2,9,11H2,(H,22,24). The molecule has 0 spiro atoms. The van der Waals surface area contributed by atoms with Crippen molar-refractivity contribution < 1.29 is 22.0 Å². The average molecular weight is 415 g/mol. The van der Waals surface area contributed by atoms with Gasteiger partial charge in [0.2, 0.25) is 15.9 Å². The van der Waals surface area contributed by atoms with Gasteiger partial charge in [-0.05, 0) is 49.2 Å². The van der Waals surface area contributed by atoms with Gasteiger partial charge < -0.3 is 5.32 Å². The first kappa shape index (κ1) is 19.7. The Balaban J connectivity index is 1.73. The van der Waals surface area contributed by atoms with Gasteiger partial charge in [0.15, 0.2) is 0 Å². The Bertz CT molecular complexity index is 952. The van der Waals surface area contributed by atoms with Gasteiger partial charge in [0, 0.05) is 24.2 Å². The lowest BCUT2D eigenvalue weighted by atomic mass is 9.98. The number of nitrogens with one attached hydrogen (secondary N) is 1. The second-order valence-corrected chi connectivity index (χ2v) is 8.64. The predicted molar refractivity (Wildman–Crippen MR) is 97.9 cm³/mol. The van der Waals surface area contributed by atoms with Crippen LogP contribution < -0.4 is 5.32 Å². The van der Waals surface area contributed by atoms with Gasteiger partial charge in [-0.1, -0.05) is 11.6 Å². The lowest BCUT2D eigenvalue weighted by Gasteiger charge is -2.31. The van der Waals surface area contributed by atoms with E-state index in [4.69, 9.17) is 11.6 Å². The van der Waals surface area contributed by atoms with Gasteiger partial charge in [0.1, 0.15) is 11.6 Å².